The maximum atomic E-state index is 14.1. The summed E-state index contributed by atoms with van der Waals surface area (Å²) in [7, 11) is 0. The quantitative estimate of drug-likeness (QED) is 0.0998. The summed E-state index contributed by atoms with van der Waals surface area (Å²) in [4.78, 5) is 55.6. The molecule has 2 aliphatic rings. The van der Waals surface area contributed by atoms with Gasteiger partial charge in [0.25, 0.3) is 5.91 Å². The van der Waals surface area contributed by atoms with Gasteiger partial charge in [0.15, 0.2) is 6.10 Å². The van der Waals surface area contributed by atoms with Crippen LogP contribution in [0.1, 0.15) is 49.6 Å². The average molecular weight is 782 g/mol. The Morgan fingerprint density at radius 1 is 0.979 bits per heavy atom. The third kappa shape index (κ3) is 8.21. The second-order valence-corrected chi connectivity index (χ2v) is 14.1. The van der Waals surface area contributed by atoms with Crippen molar-refractivity contribution >= 4 is 58.2 Å². The number of phenols is 1. The first-order valence-electron chi connectivity index (χ1n) is 15.3. The highest BCUT2D eigenvalue weighted by atomic mass is 127. The highest BCUT2D eigenvalue weighted by Gasteiger charge is 2.55. The first-order valence-corrected chi connectivity index (χ1v) is 17.8. The number of nitrogens with one attached hydrogen (secondary N) is 2. The molecule has 0 bridgehead atoms. The molecule has 3 amide bonds. The Hall–Kier alpha value is -4.30. The number of hydrogen-bond donors (Lipinski definition) is 3. The summed E-state index contributed by atoms with van der Waals surface area (Å²) in [5.74, 6) is -1.40. The van der Waals surface area contributed by atoms with Crippen LogP contribution >= 0.6 is 34.4 Å². The number of carbonyl (C=O) groups excluding carboxylic acids is 4. The second-order valence-electron chi connectivity index (χ2n) is 12.1. The molecule has 0 spiro atoms. The Balaban J connectivity index is 1.39. The molecule has 3 N–H and O–H groups in total. The molecule has 0 aromatic heterocycles. The molecule has 0 aliphatic carbocycles. The topological polar surface area (TPSA) is 134 Å². The summed E-state index contributed by atoms with van der Waals surface area (Å²) in [5, 5.41) is 14.6. The molecule has 250 valence electrons. The number of fused-ring (bicyclic) bond motifs is 1. The number of rotatable bonds is 10. The van der Waals surface area contributed by atoms with Crippen molar-refractivity contribution in [2.45, 2.75) is 49.9 Å². The monoisotopic (exact) mass is 781 g/mol. The first kappa shape index (κ1) is 35.0. The Bertz CT molecular complexity index is 1670. The number of alkyl halides is 1. The van der Waals surface area contributed by atoms with E-state index in [1.54, 1.807) is 20.8 Å². The number of esters is 1. The van der Waals surface area contributed by atoms with Gasteiger partial charge in [0.05, 0.1) is 0 Å². The Labute approximate surface area is 297 Å². The van der Waals surface area contributed by atoms with Gasteiger partial charge in [0.1, 0.15) is 34.5 Å². The summed E-state index contributed by atoms with van der Waals surface area (Å²) in [5.41, 5.74) is 1.89. The average Bonchev–Trinajstić information content (AvgIpc) is 3.07. The molecule has 1 saturated heterocycles. The van der Waals surface area contributed by atoms with Gasteiger partial charge in [-0.1, -0.05) is 108 Å². The highest BCUT2D eigenvalue weighted by Crippen LogP contribution is 2.42. The number of aromatic hydroxyl groups is 1. The molecule has 0 saturated carbocycles. The van der Waals surface area contributed by atoms with Crippen LogP contribution in [-0.4, -0.2) is 61.1 Å². The van der Waals surface area contributed by atoms with Crippen molar-refractivity contribution in [3.05, 3.63) is 125 Å². The van der Waals surface area contributed by atoms with Crippen molar-refractivity contribution in [1.82, 2.24) is 15.5 Å². The fraction of sp³-hybridized carbons (Fsp3) is 0.278. The van der Waals surface area contributed by atoms with E-state index in [2.05, 4.69) is 33.2 Å². The van der Waals surface area contributed by atoms with Gasteiger partial charge in [0, 0.05) is 10.2 Å². The van der Waals surface area contributed by atoms with Crippen LogP contribution in [0.15, 0.2) is 108 Å². The van der Waals surface area contributed by atoms with Crippen molar-refractivity contribution in [2.75, 3.05) is 10.2 Å². The molecule has 2 aliphatic heterocycles. The summed E-state index contributed by atoms with van der Waals surface area (Å²) in [6.45, 7) is 5.10. The number of ether oxygens (including phenoxy) is 2. The zero-order valence-corrected chi connectivity index (χ0v) is 29.6. The molecule has 2 heterocycles. The fourth-order valence-corrected chi connectivity index (χ4v) is 6.90. The Morgan fingerprint density at radius 3 is 2.15 bits per heavy atom. The van der Waals surface area contributed by atoms with Crippen LogP contribution in [0.5, 0.6) is 5.75 Å². The van der Waals surface area contributed by atoms with Crippen LogP contribution in [0.25, 0.3) is 0 Å². The van der Waals surface area contributed by atoms with Gasteiger partial charge in [-0.15, -0.1) is 11.8 Å². The van der Waals surface area contributed by atoms with E-state index in [0.29, 0.717) is 21.3 Å². The van der Waals surface area contributed by atoms with E-state index in [1.165, 1.54) is 40.9 Å². The summed E-state index contributed by atoms with van der Waals surface area (Å²) >= 11 is 3.62. The minimum Gasteiger partial charge on any atom is -0.508 e. The number of phenolic OH excluding ortho intramolecular Hbond substituents is 1. The molecule has 3 aromatic rings. The molecule has 48 heavy (non-hydrogen) atoms. The van der Waals surface area contributed by atoms with E-state index in [4.69, 9.17) is 9.47 Å². The maximum absolute atomic E-state index is 14.1. The number of thioether (sulfide) groups is 1. The number of β-lactam (4-membered cyclic amide) rings is 1. The zero-order valence-electron chi connectivity index (χ0n) is 26.6. The molecule has 12 heteroatoms. The van der Waals surface area contributed by atoms with Gasteiger partial charge in [-0.25, -0.2) is 9.59 Å². The van der Waals surface area contributed by atoms with Crippen LogP contribution in [0.2, 0.25) is 0 Å². The van der Waals surface area contributed by atoms with Gasteiger partial charge in [-0.2, -0.15) is 0 Å². The molecule has 3 atom stereocenters. The van der Waals surface area contributed by atoms with Gasteiger partial charge in [0.2, 0.25) is 5.91 Å². The van der Waals surface area contributed by atoms with Gasteiger partial charge in [-0.05, 0) is 55.2 Å². The van der Waals surface area contributed by atoms with Crippen molar-refractivity contribution in [1.29, 1.82) is 0 Å². The Morgan fingerprint density at radius 2 is 1.58 bits per heavy atom. The summed E-state index contributed by atoms with van der Waals surface area (Å²) in [6.07, 6.45) is 2.20. The third-order valence-electron chi connectivity index (χ3n) is 7.48. The smallest absolute Gasteiger partial charge is 0.408 e. The van der Waals surface area contributed by atoms with E-state index in [-0.39, 0.29) is 11.4 Å². The predicted octanol–water partition coefficient (Wildman–Crippen LogP) is 5.94. The van der Waals surface area contributed by atoms with Crippen LogP contribution in [0.3, 0.4) is 0 Å². The number of hydrogen-bond acceptors (Lipinski definition) is 8. The van der Waals surface area contributed by atoms with E-state index in [1.807, 2.05) is 72.8 Å². The number of allylic oxidation sites excluding steroid dienone is 2. The second kappa shape index (κ2) is 15.3. The van der Waals surface area contributed by atoms with E-state index < -0.39 is 53.0 Å². The minimum atomic E-state index is -1.23. The zero-order chi connectivity index (χ0) is 34.4. The van der Waals surface area contributed by atoms with Crippen molar-refractivity contribution in [3.8, 4) is 5.75 Å². The van der Waals surface area contributed by atoms with Crippen LogP contribution < -0.4 is 10.6 Å². The summed E-state index contributed by atoms with van der Waals surface area (Å²) in [6, 6.07) is 22.4. The van der Waals surface area contributed by atoms with Crippen LogP contribution in [0.4, 0.5) is 4.79 Å². The minimum absolute atomic E-state index is 0.0148. The molecule has 10 nitrogen and oxygen atoms in total. The lowest BCUT2D eigenvalue weighted by molar-refractivity contribution is -0.154. The molecule has 0 radical (unpaired) electrons. The summed E-state index contributed by atoms with van der Waals surface area (Å²) < 4.78 is 12.2. The van der Waals surface area contributed by atoms with E-state index >= 15 is 0 Å². The van der Waals surface area contributed by atoms with Crippen molar-refractivity contribution < 1.29 is 33.8 Å². The van der Waals surface area contributed by atoms with Crippen LogP contribution in [-0.2, 0) is 23.9 Å². The standard InChI is InChI=1S/C36H36IN3O7S/c1-36(2,3)47-35(45)39-27(22-16-18-26(41)19-17-22)31(42)38-28-32(43)40-29(25(15-10-20-37)21-48-33(28)40)34(44)46-30(23-11-6-4-7-12-23)24-13-8-5-9-14-24/h4-19,27-28,30,33,41H,20-21H2,1-3H3,(H,38,42)(H,39,45)/b15-10+/t27?,28-,33-/m1/s1. The predicted molar refractivity (Wildman–Crippen MR) is 191 cm³/mol. The lowest BCUT2D eigenvalue weighted by Crippen LogP contribution is -2.71. The molecular formula is C36H36IN3O7S. The third-order valence-corrected chi connectivity index (χ3v) is 9.29. The van der Waals surface area contributed by atoms with Crippen molar-refractivity contribution in [3.63, 3.8) is 0 Å². The number of nitrogens with zero attached hydrogens (tertiary/aromatic N) is 1. The first-order chi connectivity index (χ1) is 23.0. The molecule has 1 unspecified atom stereocenters. The highest BCUT2D eigenvalue weighted by molar-refractivity contribution is 14.1. The normalized spacial score (nSPS) is 18.2. The lowest BCUT2D eigenvalue weighted by atomic mass is 9.99. The molecule has 3 aromatic carbocycles. The van der Waals surface area contributed by atoms with E-state index in [0.717, 1.165) is 11.1 Å². The Kier molecular flexibility index (Phi) is 11.2. The number of alkyl carbamates (subject to hydrolysis) is 1. The number of halogens is 1. The van der Waals surface area contributed by atoms with E-state index in [9.17, 15) is 24.3 Å². The molecule has 1 fully saturated rings. The van der Waals surface area contributed by atoms with Gasteiger partial charge >= 0.3 is 12.1 Å². The fourth-order valence-electron chi connectivity index (χ4n) is 5.32. The SMILES string of the molecule is CC(C)(C)OC(=O)NC(C(=O)N[C@@H]1C(=O)N2C(C(=O)OC(c3ccccc3)c3ccccc3)=C(/C=C/CI)CS[C@H]12)c1ccc(O)cc1. The number of benzene rings is 3. The number of carbonyl (C=O) groups is 4. The van der Waals surface area contributed by atoms with Gasteiger partial charge < -0.3 is 25.2 Å². The maximum Gasteiger partial charge on any atom is 0.408 e. The molecule has 5 rings (SSSR count). The van der Waals surface area contributed by atoms with Crippen LogP contribution in [0, 0.1) is 0 Å². The molecular weight excluding hydrogens is 745 g/mol. The van der Waals surface area contributed by atoms with Crippen molar-refractivity contribution in [2.24, 2.45) is 0 Å². The number of amides is 3. The van der Waals surface area contributed by atoms with Gasteiger partial charge in [-0.3, -0.25) is 14.5 Å². The lowest BCUT2D eigenvalue weighted by Gasteiger charge is -2.49. The largest absolute Gasteiger partial charge is 0.508 e.